The second-order valence-electron chi connectivity index (χ2n) is 6.09. The third kappa shape index (κ3) is 2.27. The molecule has 0 spiro atoms. The average Bonchev–Trinajstić information content (AvgIpc) is 3.01. The van der Waals surface area contributed by atoms with Gasteiger partial charge in [0.15, 0.2) is 11.0 Å². The van der Waals surface area contributed by atoms with Gasteiger partial charge in [-0.25, -0.2) is 9.13 Å². The van der Waals surface area contributed by atoms with Gasteiger partial charge >= 0.3 is 0 Å². The first kappa shape index (κ1) is 15.8. The highest BCUT2D eigenvalue weighted by Gasteiger charge is 2.38. The highest BCUT2D eigenvalue weighted by atomic mass is 35.5. The summed E-state index contributed by atoms with van der Waals surface area (Å²) in [5.74, 6) is 0.396. The van der Waals surface area contributed by atoms with Crippen molar-refractivity contribution in [3.63, 3.8) is 0 Å². The summed E-state index contributed by atoms with van der Waals surface area (Å²) in [5.41, 5.74) is 2.94. The molecule has 1 aliphatic heterocycles. The maximum atomic E-state index is 12.7. The first-order chi connectivity index (χ1) is 12.0. The second-order valence-corrected chi connectivity index (χ2v) is 6.53. The lowest BCUT2D eigenvalue weighted by molar-refractivity contribution is -0.654. The molecule has 2 aromatic carbocycles. The van der Waals surface area contributed by atoms with Gasteiger partial charge in [-0.1, -0.05) is 23.7 Å². The molecule has 0 saturated heterocycles. The predicted octanol–water partition coefficient (Wildman–Crippen LogP) is 2.94. The van der Waals surface area contributed by atoms with Crippen LogP contribution in [0.3, 0.4) is 0 Å². The minimum Gasteiger partial charge on any atom is -0.269 e. The number of rotatable bonds is 3. The van der Waals surface area contributed by atoms with Crippen molar-refractivity contribution < 1.29 is 14.2 Å². The molecule has 1 aliphatic rings. The molecule has 126 valence electrons. The Hall–Kier alpha value is -2.66. The van der Waals surface area contributed by atoms with Crippen LogP contribution in [0.4, 0.5) is 0 Å². The van der Waals surface area contributed by atoms with Crippen molar-refractivity contribution in [1.82, 2.24) is 9.47 Å². The van der Waals surface area contributed by atoms with E-state index in [-0.39, 0.29) is 18.4 Å². The number of nitrogens with zero attached hydrogens (tertiary/aromatic N) is 3. The molecule has 2 heterocycles. The number of halogens is 1. The molecule has 0 radical (unpaired) electrons. The number of benzene rings is 2. The number of carbonyl (C=O) groups is 2. The third-order valence-electron chi connectivity index (χ3n) is 4.78. The van der Waals surface area contributed by atoms with Crippen molar-refractivity contribution in [2.75, 3.05) is 0 Å². The first-order valence-electron chi connectivity index (χ1n) is 8.14. The third-order valence-corrected chi connectivity index (χ3v) is 5.02. The van der Waals surface area contributed by atoms with E-state index in [2.05, 4.69) is 4.57 Å². The minimum absolute atomic E-state index is 0.225. The lowest BCUT2D eigenvalue weighted by Crippen LogP contribution is -2.39. The van der Waals surface area contributed by atoms with Crippen LogP contribution in [0.15, 0.2) is 42.5 Å². The number of aryl methyl sites for hydroxylation is 2. The molecule has 5 nitrogen and oxygen atoms in total. The molecular weight excluding hydrogens is 338 g/mol. The van der Waals surface area contributed by atoms with Crippen molar-refractivity contribution in [1.29, 1.82) is 0 Å². The van der Waals surface area contributed by atoms with E-state index in [9.17, 15) is 9.59 Å². The normalized spacial score (nSPS) is 13.8. The van der Waals surface area contributed by atoms with Gasteiger partial charge in [-0.3, -0.25) is 14.5 Å². The first-order valence-corrected chi connectivity index (χ1v) is 8.52. The minimum atomic E-state index is -0.244. The van der Waals surface area contributed by atoms with Crippen LogP contribution in [-0.4, -0.2) is 21.3 Å². The molecule has 25 heavy (non-hydrogen) atoms. The maximum absolute atomic E-state index is 12.7. The number of fused-ring (bicyclic) bond motifs is 2. The molecule has 0 aliphatic carbocycles. The molecule has 1 aromatic heterocycles. The maximum Gasteiger partial charge on any atom is 0.277 e. The Kier molecular flexibility index (Phi) is 3.62. The van der Waals surface area contributed by atoms with Crippen LogP contribution in [0, 0.1) is 0 Å². The van der Waals surface area contributed by atoms with E-state index in [4.69, 9.17) is 11.6 Å². The second kappa shape index (κ2) is 5.70. The smallest absolute Gasteiger partial charge is 0.269 e. The van der Waals surface area contributed by atoms with Crippen LogP contribution in [0.5, 0.6) is 0 Å². The van der Waals surface area contributed by atoms with Gasteiger partial charge < -0.3 is 0 Å². The number of amides is 2. The van der Waals surface area contributed by atoms with E-state index < -0.39 is 0 Å². The van der Waals surface area contributed by atoms with Crippen molar-refractivity contribution in [2.45, 2.75) is 20.0 Å². The Labute approximate surface area is 150 Å². The van der Waals surface area contributed by atoms with Crippen LogP contribution in [0.25, 0.3) is 11.0 Å². The largest absolute Gasteiger partial charge is 0.277 e. The zero-order chi connectivity index (χ0) is 17.7. The fraction of sp³-hybridized carbons (Fsp3) is 0.211. The summed E-state index contributed by atoms with van der Waals surface area (Å²) in [5, 5.41) is 0.660. The summed E-state index contributed by atoms with van der Waals surface area (Å²) in [6.45, 7) is 2.98. The number of aromatic nitrogens is 2. The van der Waals surface area contributed by atoms with Crippen LogP contribution in [0.1, 0.15) is 33.5 Å². The van der Waals surface area contributed by atoms with E-state index in [1.165, 1.54) is 4.90 Å². The van der Waals surface area contributed by atoms with Gasteiger partial charge in [-0.05, 0) is 31.2 Å². The van der Waals surface area contributed by atoms with Gasteiger partial charge in [-0.2, -0.15) is 0 Å². The Morgan fingerprint density at radius 2 is 1.68 bits per heavy atom. The summed E-state index contributed by atoms with van der Waals surface area (Å²) in [6.07, 6.45) is 0. The van der Waals surface area contributed by atoms with Gasteiger partial charge in [0, 0.05) is 11.1 Å². The van der Waals surface area contributed by atoms with Gasteiger partial charge in [-0.15, -0.1) is 0 Å². The molecule has 6 heteroatoms. The lowest BCUT2D eigenvalue weighted by Gasteiger charge is -2.12. The lowest BCUT2D eigenvalue weighted by atomic mass is 10.1. The van der Waals surface area contributed by atoms with Gasteiger partial charge in [0.1, 0.15) is 6.54 Å². The Morgan fingerprint density at radius 1 is 1.04 bits per heavy atom. The Morgan fingerprint density at radius 3 is 2.28 bits per heavy atom. The van der Waals surface area contributed by atoms with Crippen LogP contribution in [-0.2, 0) is 20.1 Å². The quantitative estimate of drug-likeness (QED) is 0.536. The van der Waals surface area contributed by atoms with Crippen LogP contribution < -0.4 is 4.57 Å². The van der Waals surface area contributed by atoms with Gasteiger partial charge in [0.05, 0.1) is 24.7 Å². The summed E-state index contributed by atoms with van der Waals surface area (Å²) < 4.78 is 4.10. The zero-order valence-corrected chi connectivity index (χ0v) is 14.7. The van der Waals surface area contributed by atoms with Gasteiger partial charge in [0.2, 0.25) is 0 Å². The van der Waals surface area contributed by atoms with E-state index in [1.807, 2.05) is 36.7 Å². The molecule has 3 aromatic rings. The number of imidazole rings is 1. The van der Waals surface area contributed by atoms with Crippen molar-refractivity contribution in [3.8, 4) is 0 Å². The summed E-state index contributed by atoms with van der Waals surface area (Å²) in [4.78, 5) is 26.6. The number of hydrogen-bond acceptors (Lipinski definition) is 2. The van der Waals surface area contributed by atoms with E-state index in [1.54, 1.807) is 24.3 Å². The molecule has 0 atom stereocenters. The Bertz CT molecular complexity index is 1000. The highest BCUT2D eigenvalue weighted by Crippen LogP contribution is 2.25. The highest BCUT2D eigenvalue weighted by molar-refractivity contribution is 6.31. The van der Waals surface area contributed by atoms with Crippen molar-refractivity contribution in [3.05, 3.63) is 64.4 Å². The molecule has 2 amide bonds. The van der Waals surface area contributed by atoms with E-state index in [0.29, 0.717) is 16.1 Å². The number of hydrogen-bond donors (Lipinski definition) is 0. The Balaban J connectivity index is 1.81. The summed E-state index contributed by atoms with van der Waals surface area (Å²) in [6, 6.07) is 12.7. The fourth-order valence-electron chi connectivity index (χ4n) is 3.52. The molecule has 4 rings (SSSR count). The number of carbonyl (C=O) groups excluding carboxylic acids is 2. The number of imide groups is 1. The predicted molar refractivity (Wildman–Crippen MR) is 94.4 cm³/mol. The SMILES string of the molecule is CCn1c(CN2C(=O)c3ccccc3C2=O)[n+](C)c2ccc(Cl)cc21. The van der Waals surface area contributed by atoms with Crippen molar-refractivity contribution in [2.24, 2.45) is 7.05 Å². The summed E-state index contributed by atoms with van der Waals surface area (Å²) in [7, 11) is 1.94. The van der Waals surface area contributed by atoms with Gasteiger partial charge in [0.25, 0.3) is 17.6 Å². The topological polar surface area (TPSA) is 46.2 Å². The molecule has 0 bridgehead atoms. The summed E-state index contributed by atoms with van der Waals surface area (Å²) >= 11 is 6.15. The van der Waals surface area contributed by atoms with Crippen LogP contribution in [0.2, 0.25) is 5.02 Å². The van der Waals surface area contributed by atoms with E-state index >= 15 is 0 Å². The monoisotopic (exact) mass is 354 g/mol. The van der Waals surface area contributed by atoms with Crippen molar-refractivity contribution >= 4 is 34.4 Å². The molecule has 0 N–H and O–H groups in total. The van der Waals surface area contributed by atoms with E-state index in [0.717, 1.165) is 23.4 Å². The molecular formula is C19H17ClN3O2+. The van der Waals surface area contributed by atoms with Crippen LogP contribution >= 0.6 is 11.6 Å². The standard InChI is InChI=1S/C19H17ClN3O2/c1-3-22-16-10-12(20)8-9-15(16)21(2)17(22)11-23-18(24)13-6-4-5-7-14(13)19(23)25/h4-10H,3,11H2,1-2H3/q+1. The fourth-order valence-corrected chi connectivity index (χ4v) is 3.69. The average molecular weight is 355 g/mol. The molecule has 0 unspecified atom stereocenters. The zero-order valence-electron chi connectivity index (χ0n) is 14.0. The molecule has 0 fully saturated rings. The molecule has 0 saturated carbocycles.